The van der Waals surface area contributed by atoms with Crippen molar-refractivity contribution in [2.45, 2.75) is 12.5 Å². The Morgan fingerprint density at radius 2 is 2.06 bits per heavy atom. The molecule has 1 amide bonds. The minimum atomic E-state index is -0.796. The third kappa shape index (κ3) is 3.47. The molecule has 0 fully saturated rings. The lowest BCUT2D eigenvalue weighted by Crippen LogP contribution is -2.34. The van der Waals surface area contributed by atoms with Crippen LogP contribution in [0.15, 0.2) is 30.3 Å². The van der Waals surface area contributed by atoms with Crippen molar-refractivity contribution >= 4 is 12.2 Å². The lowest BCUT2D eigenvalue weighted by molar-refractivity contribution is -0.109. The number of aliphatic hydroxyl groups excluding tert-OH is 1. The highest BCUT2D eigenvalue weighted by Gasteiger charge is 2.14. The Balaban J connectivity index is 2.58. The van der Waals surface area contributed by atoms with E-state index < -0.39 is 6.10 Å². The Labute approximate surface area is 94.5 Å². The second kappa shape index (κ2) is 6.02. The average molecular weight is 221 g/mol. The number of benzene rings is 1. The van der Waals surface area contributed by atoms with Gasteiger partial charge in [0.1, 0.15) is 6.29 Å². The van der Waals surface area contributed by atoms with E-state index in [-0.39, 0.29) is 18.9 Å². The monoisotopic (exact) mass is 221 g/mol. The SMILES string of the molecule is CN(CC(O)CC=O)C(=O)c1ccccc1. The van der Waals surface area contributed by atoms with Crippen molar-refractivity contribution in [3.63, 3.8) is 0 Å². The quantitative estimate of drug-likeness (QED) is 0.745. The summed E-state index contributed by atoms with van der Waals surface area (Å²) < 4.78 is 0. The topological polar surface area (TPSA) is 57.6 Å². The highest BCUT2D eigenvalue weighted by Crippen LogP contribution is 2.04. The van der Waals surface area contributed by atoms with Crippen LogP contribution in [-0.4, -0.2) is 41.9 Å². The van der Waals surface area contributed by atoms with Crippen LogP contribution in [0.4, 0.5) is 0 Å². The van der Waals surface area contributed by atoms with Crippen LogP contribution in [0.1, 0.15) is 16.8 Å². The van der Waals surface area contributed by atoms with Gasteiger partial charge in [0.05, 0.1) is 6.10 Å². The molecule has 1 unspecified atom stereocenters. The molecule has 1 rings (SSSR count). The maximum atomic E-state index is 11.8. The van der Waals surface area contributed by atoms with E-state index >= 15 is 0 Å². The third-order valence-electron chi connectivity index (χ3n) is 2.22. The van der Waals surface area contributed by atoms with Crippen molar-refractivity contribution in [2.75, 3.05) is 13.6 Å². The largest absolute Gasteiger partial charge is 0.391 e. The van der Waals surface area contributed by atoms with Crippen LogP contribution in [0.2, 0.25) is 0 Å². The molecule has 0 aliphatic heterocycles. The van der Waals surface area contributed by atoms with E-state index in [0.717, 1.165) is 0 Å². The van der Waals surface area contributed by atoms with Crippen molar-refractivity contribution < 1.29 is 14.7 Å². The Bertz CT molecular complexity index is 351. The van der Waals surface area contributed by atoms with E-state index in [1.54, 1.807) is 31.3 Å². The molecule has 1 aromatic rings. The van der Waals surface area contributed by atoms with Crippen LogP contribution >= 0.6 is 0 Å². The average Bonchev–Trinajstić information content (AvgIpc) is 2.29. The molecular weight excluding hydrogens is 206 g/mol. The fourth-order valence-electron chi connectivity index (χ4n) is 1.39. The first-order valence-electron chi connectivity index (χ1n) is 5.07. The number of aliphatic hydroxyl groups is 1. The number of likely N-dealkylation sites (N-methyl/N-ethyl adjacent to an activating group) is 1. The van der Waals surface area contributed by atoms with Crippen LogP contribution in [0.5, 0.6) is 0 Å². The fraction of sp³-hybridized carbons (Fsp3) is 0.333. The summed E-state index contributed by atoms with van der Waals surface area (Å²) >= 11 is 0. The Kier molecular flexibility index (Phi) is 4.66. The second-order valence-electron chi connectivity index (χ2n) is 3.61. The van der Waals surface area contributed by atoms with Gasteiger partial charge in [0.25, 0.3) is 5.91 Å². The number of hydrogen-bond donors (Lipinski definition) is 1. The molecule has 0 saturated carbocycles. The maximum absolute atomic E-state index is 11.8. The molecule has 0 bridgehead atoms. The van der Waals surface area contributed by atoms with E-state index in [9.17, 15) is 14.7 Å². The number of carbonyl (C=O) groups is 2. The lowest BCUT2D eigenvalue weighted by Gasteiger charge is -2.19. The predicted molar refractivity (Wildman–Crippen MR) is 60.1 cm³/mol. The zero-order valence-electron chi connectivity index (χ0n) is 9.17. The van der Waals surface area contributed by atoms with Crippen LogP contribution in [0.25, 0.3) is 0 Å². The number of rotatable bonds is 5. The van der Waals surface area contributed by atoms with Gasteiger partial charge in [-0.1, -0.05) is 18.2 Å². The molecule has 1 atom stereocenters. The van der Waals surface area contributed by atoms with E-state index in [0.29, 0.717) is 11.8 Å². The summed E-state index contributed by atoms with van der Waals surface area (Å²) in [5.41, 5.74) is 0.573. The lowest BCUT2D eigenvalue weighted by atomic mass is 10.2. The molecule has 4 heteroatoms. The van der Waals surface area contributed by atoms with Crippen molar-refractivity contribution in [2.24, 2.45) is 0 Å². The van der Waals surface area contributed by atoms with Gasteiger partial charge in [0, 0.05) is 25.6 Å². The second-order valence-corrected chi connectivity index (χ2v) is 3.61. The molecule has 0 heterocycles. The molecule has 0 radical (unpaired) electrons. The van der Waals surface area contributed by atoms with E-state index in [1.165, 1.54) is 4.90 Å². The molecule has 0 aliphatic carbocycles. The van der Waals surface area contributed by atoms with Gasteiger partial charge in [-0.05, 0) is 12.1 Å². The van der Waals surface area contributed by atoms with Crippen molar-refractivity contribution in [1.82, 2.24) is 4.90 Å². The summed E-state index contributed by atoms with van der Waals surface area (Å²) in [7, 11) is 1.60. The molecule has 0 aromatic heterocycles. The molecule has 1 N–H and O–H groups in total. The summed E-state index contributed by atoms with van der Waals surface area (Å²) in [4.78, 5) is 23.4. The molecule has 0 saturated heterocycles. The van der Waals surface area contributed by atoms with Crippen molar-refractivity contribution in [1.29, 1.82) is 0 Å². The first kappa shape index (κ1) is 12.4. The Morgan fingerprint density at radius 3 is 2.62 bits per heavy atom. The normalized spacial score (nSPS) is 11.9. The Morgan fingerprint density at radius 1 is 1.44 bits per heavy atom. The van der Waals surface area contributed by atoms with Gasteiger partial charge in [-0.2, -0.15) is 0 Å². The summed E-state index contributed by atoms with van der Waals surface area (Å²) in [6.07, 6.45) is -0.104. The molecule has 0 aliphatic rings. The standard InChI is InChI=1S/C12H15NO3/c1-13(9-11(15)7-8-14)12(16)10-5-3-2-4-6-10/h2-6,8,11,15H,7,9H2,1H3. The number of hydrogen-bond acceptors (Lipinski definition) is 3. The number of amides is 1. The maximum Gasteiger partial charge on any atom is 0.253 e. The zero-order valence-corrected chi connectivity index (χ0v) is 9.17. The zero-order chi connectivity index (χ0) is 12.0. The van der Waals surface area contributed by atoms with Gasteiger partial charge in [-0.3, -0.25) is 4.79 Å². The smallest absolute Gasteiger partial charge is 0.253 e. The van der Waals surface area contributed by atoms with Crippen LogP contribution in [0, 0.1) is 0 Å². The van der Waals surface area contributed by atoms with Gasteiger partial charge < -0.3 is 14.8 Å². The number of nitrogens with zero attached hydrogens (tertiary/aromatic N) is 1. The highest BCUT2D eigenvalue weighted by atomic mass is 16.3. The number of aldehydes is 1. The van der Waals surface area contributed by atoms with Crippen molar-refractivity contribution in [3.05, 3.63) is 35.9 Å². The molecule has 1 aromatic carbocycles. The van der Waals surface area contributed by atoms with Crippen LogP contribution in [0.3, 0.4) is 0 Å². The summed E-state index contributed by atoms with van der Waals surface area (Å²) in [6.45, 7) is 0.159. The first-order chi connectivity index (χ1) is 7.65. The first-order valence-corrected chi connectivity index (χ1v) is 5.07. The minimum absolute atomic E-state index is 0.0480. The Hall–Kier alpha value is -1.68. The molecular formula is C12H15NO3. The van der Waals surface area contributed by atoms with Gasteiger partial charge in [0.2, 0.25) is 0 Å². The van der Waals surface area contributed by atoms with E-state index in [1.807, 2.05) is 6.07 Å². The minimum Gasteiger partial charge on any atom is -0.391 e. The van der Waals surface area contributed by atoms with E-state index in [2.05, 4.69) is 0 Å². The van der Waals surface area contributed by atoms with Gasteiger partial charge >= 0.3 is 0 Å². The van der Waals surface area contributed by atoms with Crippen LogP contribution < -0.4 is 0 Å². The third-order valence-corrected chi connectivity index (χ3v) is 2.22. The molecule has 0 spiro atoms. The van der Waals surface area contributed by atoms with E-state index in [4.69, 9.17) is 0 Å². The van der Waals surface area contributed by atoms with Crippen molar-refractivity contribution in [3.8, 4) is 0 Å². The van der Waals surface area contributed by atoms with Gasteiger partial charge in [-0.15, -0.1) is 0 Å². The number of carbonyl (C=O) groups excluding carboxylic acids is 2. The van der Waals surface area contributed by atoms with Gasteiger partial charge in [-0.25, -0.2) is 0 Å². The molecule has 16 heavy (non-hydrogen) atoms. The summed E-state index contributed by atoms with van der Waals surface area (Å²) in [6, 6.07) is 8.82. The van der Waals surface area contributed by atoms with Gasteiger partial charge in [0.15, 0.2) is 0 Å². The summed E-state index contributed by atoms with van der Waals surface area (Å²) in [5, 5.41) is 9.39. The summed E-state index contributed by atoms with van der Waals surface area (Å²) in [5.74, 6) is -0.162. The highest BCUT2D eigenvalue weighted by molar-refractivity contribution is 5.94. The molecule has 86 valence electrons. The fourth-order valence-corrected chi connectivity index (χ4v) is 1.39. The predicted octanol–water partition coefficient (Wildman–Crippen LogP) is 0.708. The van der Waals surface area contributed by atoms with Crippen LogP contribution in [-0.2, 0) is 4.79 Å². The molecule has 4 nitrogen and oxygen atoms in total.